The fourth-order valence-electron chi connectivity index (χ4n) is 3.58. The number of halogens is 1. The molecule has 0 bridgehead atoms. The highest BCUT2D eigenvalue weighted by molar-refractivity contribution is 7.80. The van der Waals surface area contributed by atoms with Crippen LogP contribution < -0.4 is 16.6 Å². The number of likely N-dealkylation sites (tertiary alicyclic amines) is 1. The van der Waals surface area contributed by atoms with Gasteiger partial charge in [-0.2, -0.15) is 0 Å². The summed E-state index contributed by atoms with van der Waals surface area (Å²) >= 11 is 9.91. The third-order valence-electron chi connectivity index (χ3n) is 5.17. The van der Waals surface area contributed by atoms with Gasteiger partial charge in [0.05, 0.1) is 11.0 Å². The number of hydrogen-bond acceptors (Lipinski definition) is 5. The van der Waals surface area contributed by atoms with Crippen LogP contribution >= 0.6 is 36.8 Å². The Balaban J connectivity index is 0.000000488. The molecule has 4 N–H and O–H groups in total. The fraction of sp³-hybridized carbons (Fsp3) is 0.778. The fourth-order valence-corrected chi connectivity index (χ4v) is 3.88. The summed E-state index contributed by atoms with van der Waals surface area (Å²) in [6.07, 6.45) is 6.36. The van der Waals surface area contributed by atoms with Gasteiger partial charge in [0.2, 0.25) is 0 Å². The normalized spacial score (nSPS) is 24.0. The van der Waals surface area contributed by atoms with Crippen LogP contribution in [0.1, 0.15) is 59.3 Å². The van der Waals surface area contributed by atoms with Gasteiger partial charge in [0, 0.05) is 19.0 Å². The quantitative estimate of drug-likeness (QED) is 0.352. The summed E-state index contributed by atoms with van der Waals surface area (Å²) in [5.74, 6) is 6.74. The molecule has 2 rings (SSSR count). The monoisotopic (exact) mass is 436 g/mol. The van der Waals surface area contributed by atoms with Crippen LogP contribution in [0.4, 0.5) is 0 Å². The minimum atomic E-state index is -0.0615. The molecule has 1 aliphatic carbocycles. The molecular formula is C18H33ClN4O2S2. The van der Waals surface area contributed by atoms with Gasteiger partial charge in [0.25, 0.3) is 0 Å². The summed E-state index contributed by atoms with van der Waals surface area (Å²) < 4.78 is 0. The molecule has 1 atom stereocenters. The first-order chi connectivity index (χ1) is 12.3. The Bertz CT molecular complexity index is 525. The second-order valence-electron chi connectivity index (χ2n) is 7.18. The number of hydrazine groups is 1. The molecule has 1 saturated heterocycles. The Labute approximate surface area is 179 Å². The van der Waals surface area contributed by atoms with Crippen molar-refractivity contribution >= 4 is 58.5 Å². The van der Waals surface area contributed by atoms with Crippen LogP contribution in [0.2, 0.25) is 0 Å². The number of carbonyl (C=O) groups excluding carboxylic acids is 2. The Hall–Kier alpha value is -0.830. The molecule has 1 unspecified atom stereocenters. The molecule has 27 heavy (non-hydrogen) atoms. The first-order valence-electron chi connectivity index (χ1n) is 9.28. The molecule has 1 aliphatic heterocycles. The van der Waals surface area contributed by atoms with Gasteiger partial charge in [-0.1, -0.05) is 12.2 Å². The lowest BCUT2D eigenvalue weighted by Gasteiger charge is -2.27. The van der Waals surface area contributed by atoms with Crippen molar-refractivity contribution in [3.05, 3.63) is 0 Å². The predicted molar refractivity (Wildman–Crippen MR) is 120 cm³/mol. The molecule has 0 aromatic heterocycles. The Morgan fingerprint density at radius 2 is 1.63 bits per heavy atom. The molecule has 9 heteroatoms. The average molecular weight is 437 g/mol. The van der Waals surface area contributed by atoms with Gasteiger partial charge in [-0.05, 0) is 77.4 Å². The van der Waals surface area contributed by atoms with E-state index >= 15 is 0 Å². The van der Waals surface area contributed by atoms with Crippen molar-refractivity contribution in [2.24, 2.45) is 17.7 Å². The predicted octanol–water partition coefficient (Wildman–Crippen LogP) is 2.53. The summed E-state index contributed by atoms with van der Waals surface area (Å²) in [5, 5.41) is 3.67. The van der Waals surface area contributed by atoms with Crippen LogP contribution in [0.3, 0.4) is 0 Å². The number of hydrogen-bond donors (Lipinski definition) is 3. The molecule has 1 saturated carbocycles. The number of carbonyl (C=O) groups is 2. The topological polar surface area (TPSA) is 87.5 Å². The first kappa shape index (κ1) is 26.2. The SMILES string of the molecule is CC(=O)C1CCC(CNC(C)=S)CC1.CC(=O)C1CCCN1C(=S)NN.Cl. The van der Waals surface area contributed by atoms with Gasteiger partial charge in [-0.3, -0.25) is 9.59 Å². The van der Waals surface area contributed by atoms with Gasteiger partial charge in [-0.15, -0.1) is 12.4 Å². The Morgan fingerprint density at radius 3 is 2.07 bits per heavy atom. The van der Waals surface area contributed by atoms with Gasteiger partial charge in [0.1, 0.15) is 5.78 Å². The second kappa shape index (κ2) is 13.4. The molecule has 0 radical (unpaired) electrons. The second-order valence-corrected chi connectivity index (χ2v) is 8.18. The molecule has 0 aromatic rings. The highest BCUT2D eigenvalue weighted by Gasteiger charge is 2.29. The summed E-state index contributed by atoms with van der Waals surface area (Å²) in [5.41, 5.74) is 2.40. The molecule has 2 aliphatic rings. The zero-order valence-corrected chi connectivity index (χ0v) is 18.9. The molecule has 0 aromatic carbocycles. The van der Waals surface area contributed by atoms with Crippen LogP contribution in [0.15, 0.2) is 0 Å². The van der Waals surface area contributed by atoms with Crippen molar-refractivity contribution < 1.29 is 9.59 Å². The molecule has 1 heterocycles. The van der Waals surface area contributed by atoms with E-state index in [0.717, 1.165) is 43.8 Å². The molecule has 156 valence electrons. The van der Waals surface area contributed by atoms with E-state index < -0.39 is 0 Å². The third kappa shape index (κ3) is 9.27. The lowest BCUT2D eigenvalue weighted by molar-refractivity contribution is -0.122. The van der Waals surface area contributed by atoms with Crippen molar-refractivity contribution in [3.8, 4) is 0 Å². The third-order valence-corrected chi connectivity index (χ3v) is 5.66. The summed E-state index contributed by atoms with van der Waals surface area (Å²) in [6.45, 7) is 7.02. The maximum Gasteiger partial charge on any atom is 0.183 e. The molecule has 6 nitrogen and oxygen atoms in total. The number of nitrogens with two attached hydrogens (primary N) is 1. The van der Waals surface area contributed by atoms with Crippen molar-refractivity contribution in [1.29, 1.82) is 0 Å². The lowest BCUT2D eigenvalue weighted by Crippen LogP contribution is -2.47. The summed E-state index contributed by atoms with van der Waals surface area (Å²) in [7, 11) is 0. The van der Waals surface area contributed by atoms with Gasteiger partial charge < -0.3 is 15.6 Å². The van der Waals surface area contributed by atoms with Crippen LogP contribution in [0.5, 0.6) is 0 Å². The molecule has 0 spiro atoms. The number of rotatable bonds is 4. The van der Waals surface area contributed by atoms with Crippen molar-refractivity contribution in [1.82, 2.24) is 15.6 Å². The van der Waals surface area contributed by atoms with Crippen LogP contribution in [-0.4, -0.2) is 45.7 Å². The van der Waals surface area contributed by atoms with Crippen LogP contribution in [0, 0.1) is 11.8 Å². The summed E-state index contributed by atoms with van der Waals surface area (Å²) in [4.78, 5) is 25.0. The van der Waals surface area contributed by atoms with Crippen molar-refractivity contribution in [2.75, 3.05) is 13.1 Å². The first-order valence-corrected chi connectivity index (χ1v) is 10.1. The van der Waals surface area contributed by atoms with Gasteiger partial charge in [-0.25, -0.2) is 5.84 Å². The van der Waals surface area contributed by atoms with Gasteiger partial charge in [0.15, 0.2) is 10.9 Å². The number of ketones is 2. The average Bonchev–Trinajstić information content (AvgIpc) is 3.10. The standard InChI is InChI=1S/C11H19NOS.C7H13N3OS.ClH/c1-8(13)11-5-3-10(4-6-11)7-12-9(2)14;1-5(11)6-3-2-4-10(6)7(12)9-8;/h10-11H,3-7H2,1-2H3,(H,12,14);6H,2-4,8H2,1H3,(H,9,12);1H. The number of Topliss-reactive ketones (excluding diaryl/α,β-unsaturated/α-hetero) is 2. The maximum atomic E-state index is 11.1. The van der Waals surface area contributed by atoms with E-state index in [2.05, 4.69) is 10.7 Å². The van der Waals surface area contributed by atoms with Crippen molar-refractivity contribution in [2.45, 2.75) is 65.3 Å². The number of nitrogens with zero attached hydrogens (tertiary/aromatic N) is 1. The zero-order chi connectivity index (χ0) is 19.7. The molecule has 2 fully saturated rings. The minimum absolute atomic E-state index is 0. The van der Waals surface area contributed by atoms with E-state index in [1.54, 1.807) is 13.8 Å². The van der Waals surface area contributed by atoms with E-state index in [0.29, 0.717) is 22.7 Å². The number of nitrogens with one attached hydrogen (secondary N) is 2. The highest BCUT2D eigenvalue weighted by Crippen LogP contribution is 2.28. The largest absolute Gasteiger partial charge is 0.380 e. The minimum Gasteiger partial charge on any atom is -0.380 e. The zero-order valence-electron chi connectivity index (χ0n) is 16.5. The molecule has 0 amide bonds. The van der Waals surface area contributed by atoms with E-state index in [-0.39, 0.29) is 24.2 Å². The number of thiocarbonyl (C=S) groups is 2. The van der Waals surface area contributed by atoms with Crippen molar-refractivity contribution in [3.63, 3.8) is 0 Å². The Morgan fingerprint density at radius 1 is 1.04 bits per heavy atom. The van der Waals surface area contributed by atoms with E-state index in [1.165, 1.54) is 12.8 Å². The highest BCUT2D eigenvalue weighted by atomic mass is 35.5. The van der Waals surface area contributed by atoms with Crippen LogP contribution in [-0.2, 0) is 9.59 Å². The Kier molecular flexibility index (Phi) is 13.0. The van der Waals surface area contributed by atoms with Crippen LogP contribution in [0.25, 0.3) is 0 Å². The van der Waals surface area contributed by atoms with Gasteiger partial charge >= 0.3 is 0 Å². The van der Waals surface area contributed by atoms with E-state index in [4.69, 9.17) is 30.3 Å². The van der Waals surface area contributed by atoms with E-state index in [9.17, 15) is 9.59 Å². The smallest absolute Gasteiger partial charge is 0.183 e. The summed E-state index contributed by atoms with van der Waals surface area (Å²) in [6, 6.07) is -0.0615. The molecular weight excluding hydrogens is 404 g/mol. The maximum absolute atomic E-state index is 11.1. The lowest BCUT2D eigenvalue weighted by atomic mass is 9.80. The van der Waals surface area contributed by atoms with E-state index in [1.807, 2.05) is 11.8 Å².